The predicted octanol–water partition coefficient (Wildman–Crippen LogP) is 3.27. The largest absolute Gasteiger partial charge is 0.505 e. The molecule has 0 amide bonds. The molecule has 0 radical (unpaired) electrons. The van der Waals surface area contributed by atoms with Gasteiger partial charge in [-0.15, -0.1) is 10.2 Å². The lowest BCUT2D eigenvalue weighted by atomic mass is 10.1. The Bertz CT molecular complexity index is 1710. The van der Waals surface area contributed by atoms with Crippen LogP contribution < -0.4 is 9.47 Å². The van der Waals surface area contributed by atoms with Crippen LogP contribution in [0.5, 0.6) is 17.2 Å². The summed E-state index contributed by atoms with van der Waals surface area (Å²) in [5.74, 6) is -1.17. The molecule has 3 rings (SSSR count). The first kappa shape index (κ1) is 27.3. The number of methoxy groups -OCH3 is 2. The Morgan fingerprint density at radius 1 is 0.806 bits per heavy atom. The van der Waals surface area contributed by atoms with Gasteiger partial charge < -0.3 is 14.6 Å². The fourth-order valence-electron chi connectivity index (χ4n) is 3.22. The highest BCUT2D eigenvalue weighted by molar-refractivity contribution is 7.91. The van der Waals surface area contributed by atoms with Crippen molar-refractivity contribution >= 4 is 52.2 Å². The van der Waals surface area contributed by atoms with E-state index in [-0.39, 0.29) is 38.6 Å². The van der Waals surface area contributed by atoms with Gasteiger partial charge in [0, 0.05) is 17.5 Å². The van der Waals surface area contributed by atoms with Crippen molar-refractivity contribution in [3.05, 3.63) is 36.4 Å². The molecule has 0 heterocycles. The Hall–Kier alpha value is -3.31. The van der Waals surface area contributed by atoms with Crippen LogP contribution in [-0.4, -0.2) is 59.4 Å². The number of hydrogen-bond donors (Lipinski definition) is 3. The molecule has 16 heteroatoms. The Balaban J connectivity index is 2.28. The molecule has 0 aliphatic carbocycles. The van der Waals surface area contributed by atoms with Crippen molar-refractivity contribution in [1.82, 2.24) is 0 Å². The summed E-state index contributed by atoms with van der Waals surface area (Å²) >= 11 is 0. The van der Waals surface area contributed by atoms with Gasteiger partial charge in [-0.25, -0.2) is 8.42 Å². The SMILES string of the molecule is CCS(=O)(=O)c1cc(OC)c(/N=N/c2c(S(=O)(=O)O)cc3cc(S(=O)(=O)O)ccc3c2O)cc1OC. The van der Waals surface area contributed by atoms with Gasteiger partial charge in [0.1, 0.15) is 32.7 Å². The lowest BCUT2D eigenvalue weighted by Gasteiger charge is -2.12. The van der Waals surface area contributed by atoms with E-state index in [1.165, 1.54) is 27.2 Å². The van der Waals surface area contributed by atoms with Crippen LogP contribution in [0.4, 0.5) is 11.4 Å². The molecule has 0 spiro atoms. The molecule has 3 N–H and O–H groups in total. The third-order valence-corrected chi connectivity index (χ3v) is 8.50. The second-order valence-electron chi connectivity index (χ2n) is 7.18. The number of phenols is 1. The van der Waals surface area contributed by atoms with Crippen LogP contribution in [0.2, 0.25) is 0 Å². The zero-order valence-corrected chi connectivity index (χ0v) is 21.3. The Morgan fingerprint density at radius 3 is 1.97 bits per heavy atom. The summed E-state index contributed by atoms with van der Waals surface area (Å²) in [6, 6.07) is 6.10. The third-order valence-electron chi connectivity index (χ3n) is 5.04. The van der Waals surface area contributed by atoms with Crippen molar-refractivity contribution in [3.63, 3.8) is 0 Å². The Labute approximate surface area is 206 Å². The molecule has 0 unspecified atom stereocenters. The van der Waals surface area contributed by atoms with Gasteiger partial charge >= 0.3 is 0 Å². The van der Waals surface area contributed by atoms with Gasteiger partial charge in [0.25, 0.3) is 20.2 Å². The molecule has 0 aromatic heterocycles. The van der Waals surface area contributed by atoms with Crippen LogP contribution >= 0.6 is 0 Å². The van der Waals surface area contributed by atoms with Gasteiger partial charge in [-0.1, -0.05) is 6.92 Å². The molecule has 0 saturated heterocycles. The molecule has 36 heavy (non-hydrogen) atoms. The lowest BCUT2D eigenvalue weighted by molar-refractivity contribution is 0.393. The first-order chi connectivity index (χ1) is 16.6. The van der Waals surface area contributed by atoms with Crippen molar-refractivity contribution in [2.75, 3.05) is 20.0 Å². The molecular weight excluding hydrogens is 540 g/mol. The minimum absolute atomic E-state index is 0.0712. The summed E-state index contributed by atoms with van der Waals surface area (Å²) in [7, 11) is -10.9. The zero-order chi connectivity index (χ0) is 27.1. The number of azo groups is 1. The van der Waals surface area contributed by atoms with Gasteiger partial charge in [-0.2, -0.15) is 16.8 Å². The number of benzene rings is 3. The minimum atomic E-state index is -5.02. The second-order valence-corrected chi connectivity index (χ2v) is 12.2. The molecule has 0 aliphatic rings. The highest BCUT2D eigenvalue weighted by Crippen LogP contribution is 2.43. The summed E-state index contributed by atoms with van der Waals surface area (Å²) in [6.45, 7) is 1.44. The maximum absolute atomic E-state index is 12.4. The van der Waals surface area contributed by atoms with Gasteiger partial charge in [0.2, 0.25) is 0 Å². The van der Waals surface area contributed by atoms with Crippen molar-refractivity contribution in [2.45, 2.75) is 21.6 Å². The first-order valence-electron chi connectivity index (χ1n) is 9.79. The molecule has 0 bridgehead atoms. The maximum Gasteiger partial charge on any atom is 0.296 e. The smallest absolute Gasteiger partial charge is 0.296 e. The molecule has 0 atom stereocenters. The minimum Gasteiger partial charge on any atom is -0.505 e. The van der Waals surface area contributed by atoms with E-state index in [2.05, 4.69) is 10.2 Å². The highest BCUT2D eigenvalue weighted by Gasteiger charge is 2.24. The second kappa shape index (κ2) is 9.62. The van der Waals surface area contributed by atoms with E-state index in [9.17, 15) is 39.5 Å². The van der Waals surface area contributed by atoms with E-state index in [1.54, 1.807) is 0 Å². The topological polar surface area (TPSA) is 206 Å². The molecule has 13 nitrogen and oxygen atoms in total. The standard InChI is InChI=1S/C20H20N2O11S3/c1-4-34(24,25)17-10-15(32-2)14(9-16(17)33-3)21-22-19-18(36(29,30)31)8-11-7-12(35(26,27)28)5-6-13(11)20(19)23/h5-10,23H,4H2,1-3H3,(H,26,27,28)(H,29,30,31)/b22-21+. The van der Waals surface area contributed by atoms with E-state index >= 15 is 0 Å². The fraction of sp³-hybridized carbons (Fsp3) is 0.200. The van der Waals surface area contributed by atoms with Crippen molar-refractivity contribution in [1.29, 1.82) is 0 Å². The van der Waals surface area contributed by atoms with E-state index < -0.39 is 51.3 Å². The summed E-state index contributed by atoms with van der Waals surface area (Å²) in [5, 5.41) is 18.1. The molecule has 3 aromatic carbocycles. The normalized spacial score (nSPS) is 12.8. The quantitative estimate of drug-likeness (QED) is 0.269. The molecule has 3 aromatic rings. The van der Waals surface area contributed by atoms with Gasteiger partial charge in [-0.3, -0.25) is 9.11 Å². The monoisotopic (exact) mass is 560 g/mol. The summed E-state index contributed by atoms with van der Waals surface area (Å²) in [6.07, 6.45) is 0. The number of aromatic hydroxyl groups is 1. The third kappa shape index (κ3) is 5.26. The van der Waals surface area contributed by atoms with Crippen LogP contribution in [0.15, 0.2) is 61.3 Å². The van der Waals surface area contributed by atoms with Crippen LogP contribution in [0.25, 0.3) is 10.8 Å². The molecule has 194 valence electrons. The van der Waals surface area contributed by atoms with Crippen LogP contribution in [0.1, 0.15) is 6.92 Å². The summed E-state index contributed by atoms with van der Waals surface area (Å²) < 4.78 is 101. The number of phenolic OH excluding ortho intramolecular Hbond substituents is 1. The number of sulfone groups is 1. The van der Waals surface area contributed by atoms with Crippen LogP contribution in [-0.2, 0) is 30.1 Å². The van der Waals surface area contributed by atoms with Crippen molar-refractivity contribution in [2.24, 2.45) is 10.2 Å². The Kier molecular flexibility index (Phi) is 7.29. The van der Waals surface area contributed by atoms with Gasteiger partial charge in [-0.05, 0) is 29.7 Å². The van der Waals surface area contributed by atoms with Crippen LogP contribution in [0.3, 0.4) is 0 Å². The molecule has 0 fully saturated rings. The Morgan fingerprint density at radius 2 is 1.44 bits per heavy atom. The molecule has 0 saturated carbocycles. The van der Waals surface area contributed by atoms with E-state index in [0.29, 0.717) is 0 Å². The fourth-order valence-corrected chi connectivity index (χ4v) is 5.44. The number of fused-ring (bicyclic) bond motifs is 1. The zero-order valence-electron chi connectivity index (χ0n) is 18.9. The number of rotatable bonds is 8. The summed E-state index contributed by atoms with van der Waals surface area (Å²) in [5.41, 5.74) is -0.803. The maximum atomic E-state index is 12.4. The van der Waals surface area contributed by atoms with E-state index in [0.717, 1.165) is 30.3 Å². The van der Waals surface area contributed by atoms with Gasteiger partial charge in [0.05, 0.1) is 24.9 Å². The highest BCUT2D eigenvalue weighted by atomic mass is 32.2. The predicted molar refractivity (Wildman–Crippen MR) is 127 cm³/mol. The van der Waals surface area contributed by atoms with Crippen molar-refractivity contribution < 1.29 is 48.9 Å². The average molecular weight is 561 g/mol. The van der Waals surface area contributed by atoms with Gasteiger partial charge in [0.15, 0.2) is 15.6 Å². The first-order valence-corrected chi connectivity index (χ1v) is 14.3. The van der Waals surface area contributed by atoms with E-state index in [1.807, 2.05) is 0 Å². The number of hydrogen-bond acceptors (Lipinski definition) is 11. The lowest BCUT2D eigenvalue weighted by Crippen LogP contribution is -2.06. The molecular formula is C20H20N2O11S3. The number of ether oxygens (including phenoxy) is 2. The molecule has 0 aliphatic heterocycles. The summed E-state index contributed by atoms with van der Waals surface area (Å²) in [4.78, 5) is -1.67. The average Bonchev–Trinajstić information content (AvgIpc) is 2.81. The number of nitrogens with zero attached hydrogens (tertiary/aromatic N) is 2. The van der Waals surface area contributed by atoms with Crippen LogP contribution in [0, 0.1) is 0 Å². The van der Waals surface area contributed by atoms with E-state index in [4.69, 9.17) is 9.47 Å². The van der Waals surface area contributed by atoms with Crippen molar-refractivity contribution in [3.8, 4) is 17.2 Å².